The highest BCUT2D eigenvalue weighted by molar-refractivity contribution is 7.87. The molecule has 124 valence electrons. The van der Waals surface area contributed by atoms with Crippen LogP contribution in [0.15, 0.2) is 54.6 Å². The molecule has 0 aromatic heterocycles. The molecule has 2 rings (SSSR count). The first-order valence-electron chi connectivity index (χ1n) is 7.80. The van der Waals surface area contributed by atoms with E-state index < -0.39 is 10.1 Å². The Bertz CT molecular complexity index is 714. The second kappa shape index (κ2) is 8.13. The molecule has 1 N–H and O–H groups in total. The SMILES string of the molecule is CCCS(=O)(=O)Oc1ccccc1CNC(C)c1ccccc1. The molecule has 0 amide bonds. The molecular weight excluding hydrogens is 310 g/mol. The van der Waals surface area contributed by atoms with Crippen molar-refractivity contribution in [2.75, 3.05) is 5.75 Å². The molecule has 0 aliphatic rings. The summed E-state index contributed by atoms with van der Waals surface area (Å²) in [5, 5.41) is 3.40. The van der Waals surface area contributed by atoms with Gasteiger partial charge in [0.15, 0.2) is 0 Å². The van der Waals surface area contributed by atoms with Gasteiger partial charge in [-0.3, -0.25) is 0 Å². The van der Waals surface area contributed by atoms with Gasteiger partial charge in [-0.05, 0) is 25.0 Å². The molecule has 2 aromatic rings. The number of rotatable bonds is 8. The third kappa shape index (κ3) is 5.37. The van der Waals surface area contributed by atoms with E-state index in [0.717, 1.165) is 5.56 Å². The van der Waals surface area contributed by atoms with Crippen molar-refractivity contribution in [2.45, 2.75) is 32.9 Å². The van der Waals surface area contributed by atoms with Crippen molar-refractivity contribution in [2.24, 2.45) is 0 Å². The van der Waals surface area contributed by atoms with Gasteiger partial charge in [-0.1, -0.05) is 55.5 Å². The summed E-state index contributed by atoms with van der Waals surface area (Å²) >= 11 is 0. The Hall–Kier alpha value is -1.85. The molecule has 23 heavy (non-hydrogen) atoms. The van der Waals surface area contributed by atoms with E-state index in [1.807, 2.05) is 37.3 Å². The lowest BCUT2D eigenvalue weighted by molar-refractivity contribution is 0.477. The maximum absolute atomic E-state index is 11.9. The average molecular weight is 333 g/mol. The van der Waals surface area contributed by atoms with E-state index in [9.17, 15) is 8.42 Å². The molecule has 0 fully saturated rings. The van der Waals surface area contributed by atoms with Gasteiger partial charge >= 0.3 is 10.1 Å². The van der Waals surface area contributed by atoms with E-state index in [-0.39, 0.29) is 11.8 Å². The predicted molar refractivity (Wildman–Crippen MR) is 92.8 cm³/mol. The van der Waals surface area contributed by atoms with Gasteiger partial charge in [0, 0.05) is 18.2 Å². The molecule has 0 heterocycles. The lowest BCUT2D eigenvalue weighted by atomic mass is 10.1. The van der Waals surface area contributed by atoms with Crippen molar-refractivity contribution in [1.82, 2.24) is 5.32 Å². The highest BCUT2D eigenvalue weighted by atomic mass is 32.2. The minimum Gasteiger partial charge on any atom is -0.382 e. The van der Waals surface area contributed by atoms with Gasteiger partial charge in [0.2, 0.25) is 0 Å². The summed E-state index contributed by atoms with van der Waals surface area (Å²) < 4.78 is 29.0. The number of para-hydroxylation sites is 1. The van der Waals surface area contributed by atoms with Crippen LogP contribution in [0.4, 0.5) is 0 Å². The molecule has 4 nitrogen and oxygen atoms in total. The van der Waals surface area contributed by atoms with Crippen LogP contribution >= 0.6 is 0 Å². The van der Waals surface area contributed by atoms with Gasteiger partial charge < -0.3 is 9.50 Å². The van der Waals surface area contributed by atoms with Crippen LogP contribution < -0.4 is 9.50 Å². The number of hydrogen-bond donors (Lipinski definition) is 1. The van der Waals surface area contributed by atoms with Gasteiger partial charge in [-0.25, -0.2) is 0 Å². The summed E-state index contributed by atoms with van der Waals surface area (Å²) in [6.07, 6.45) is 0.536. The van der Waals surface area contributed by atoms with Crippen LogP contribution in [0.2, 0.25) is 0 Å². The highest BCUT2D eigenvalue weighted by Crippen LogP contribution is 2.21. The van der Waals surface area contributed by atoms with Crippen molar-refractivity contribution >= 4 is 10.1 Å². The highest BCUT2D eigenvalue weighted by Gasteiger charge is 2.14. The topological polar surface area (TPSA) is 55.4 Å². The Labute approximate surface area is 138 Å². The van der Waals surface area contributed by atoms with Crippen LogP contribution in [0.25, 0.3) is 0 Å². The molecule has 0 aliphatic carbocycles. The van der Waals surface area contributed by atoms with Crippen molar-refractivity contribution in [1.29, 1.82) is 0 Å². The van der Waals surface area contributed by atoms with Gasteiger partial charge in [0.05, 0.1) is 5.75 Å². The second-order valence-electron chi connectivity index (χ2n) is 5.47. The van der Waals surface area contributed by atoms with Crippen molar-refractivity contribution in [3.8, 4) is 5.75 Å². The lowest BCUT2D eigenvalue weighted by Crippen LogP contribution is -2.20. The Morgan fingerprint density at radius 1 is 1.04 bits per heavy atom. The van der Waals surface area contributed by atoms with E-state index in [2.05, 4.69) is 24.4 Å². The molecule has 1 atom stereocenters. The van der Waals surface area contributed by atoms with Crippen LogP contribution in [-0.2, 0) is 16.7 Å². The molecular formula is C18H23NO3S. The average Bonchev–Trinajstić information content (AvgIpc) is 2.54. The Morgan fingerprint density at radius 3 is 2.39 bits per heavy atom. The minimum atomic E-state index is -3.53. The van der Waals surface area contributed by atoms with Crippen LogP contribution in [-0.4, -0.2) is 14.2 Å². The first-order valence-corrected chi connectivity index (χ1v) is 9.38. The molecule has 0 aliphatic heterocycles. The Balaban J connectivity index is 2.06. The van der Waals surface area contributed by atoms with Crippen molar-refractivity contribution < 1.29 is 12.6 Å². The summed E-state index contributed by atoms with van der Waals surface area (Å²) in [5.41, 5.74) is 2.01. The maximum atomic E-state index is 11.9. The predicted octanol–water partition coefficient (Wildman–Crippen LogP) is 3.66. The standard InChI is InChI=1S/C18H23NO3S/c1-3-13-23(20,21)22-18-12-8-7-11-17(18)14-19-15(2)16-9-5-4-6-10-16/h4-12,15,19H,3,13-14H2,1-2H3. The number of hydrogen-bond acceptors (Lipinski definition) is 4. The molecule has 0 saturated carbocycles. The first kappa shape index (κ1) is 17.5. The van der Waals surface area contributed by atoms with E-state index in [0.29, 0.717) is 18.7 Å². The van der Waals surface area contributed by atoms with Gasteiger partial charge in [0.25, 0.3) is 0 Å². The largest absolute Gasteiger partial charge is 0.382 e. The fraction of sp³-hybridized carbons (Fsp3) is 0.333. The fourth-order valence-corrected chi connectivity index (χ4v) is 3.30. The summed E-state index contributed by atoms with van der Waals surface area (Å²) in [4.78, 5) is 0. The zero-order valence-electron chi connectivity index (χ0n) is 13.5. The summed E-state index contributed by atoms with van der Waals surface area (Å²) in [5.74, 6) is 0.420. The molecule has 0 bridgehead atoms. The normalized spacial score (nSPS) is 12.8. The van der Waals surface area contributed by atoms with Crippen LogP contribution in [0, 0.1) is 0 Å². The quantitative estimate of drug-likeness (QED) is 0.749. The van der Waals surface area contributed by atoms with Crippen molar-refractivity contribution in [3.63, 3.8) is 0 Å². The van der Waals surface area contributed by atoms with E-state index in [4.69, 9.17) is 4.18 Å². The number of benzene rings is 2. The third-order valence-corrected chi connectivity index (χ3v) is 4.88. The number of nitrogens with one attached hydrogen (secondary N) is 1. The van der Waals surface area contributed by atoms with Gasteiger partial charge in [-0.2, -0.15) is 8.42 Å². The summed E-state index contributed by atoms with van der Waals surface area (Å²) in [6, 6.07) is 17.5. The lowest BCUT2D eigenvalue weighted by Gasteiger charge is -2.16. The van der Waals surface area contributed by atoms with E-state index in [1.165, 1.54) is 5.56 Å². The fourth-order valence-electron chi connectivity index (χ4n) is 2.28. The summed E-state index contributed by atoms with van der Waals surface area (Å²) in [6.45, 7) is 4.43. The van der Waals surface area contributed by atoms with Gasteiger partial charge in [-0.15, -0.1) is 0 Å². The Kier molecular flexibility index (Phi) is 6.19. The van der Waals surface area contributed by atoms with Crippen LogP contribution in [0.1, 0.15) is 37.4 Å². The van der Waals surface area contributed by atoms with E-state index in [1.54, 1.807) is 12.1 Å². The second-order valence-corrected chi connectivity index (χ2v) is 7.16. The third-order valence-electron chi connectivity index (χ3n) is 3.54. The zero-order valence-corrected chi connectivity index (χ0v) is 14.3. The molecule has 0 saturated heterocycles. The first-order chi connectivity index (χ1) is 11.0. The molecule has 5 heteroatoms. The minimum absolute atomic E-state index is 0.0230. The Morgan fingerprint density at radius 2 is 1.70 bits per heavy atom. The summed E-state index contributed by atoms with van der Waals surface area (Å²) in [7, 11) is -3.53. The molecule has 0 radical (unpaired) electrons. The monoisotopic (exact) mass is 333 g/mol. The maximum Gasteiger partial charge on any atom is 0.309 e. The molecule has 1 unspecified atom stereocenters. The zero-order chi connectivity index (χ0) is 16.7. The van der Waals surface area contributed by atoms with Gasteiger partial charge in [0.1, 0.15) is 5.75 Å². The van der Waals surface area contributed by atoms with Crippen molar-refractivity contribution in [3.05, 3.63) is 65.7 Å². The smallest absolute Gasteiger partial charge is 0.309 e. The molecule has 0 spiro atoms. The van der Waals surface area contributed by atoms with Crippen LogP contribution in [0.5, 0.6) is 5.75 Å². The van der Waals surface area contributed by atoms with E-state index >= 15 is 0 Å². The molecule has 2 aromatic carbocycles. The van der Waals surface area contributed by atoms with Crippen LogP contribution in [0.3, 0.4) is 0 Å².